The van der Waals surface area contributed by atoms with Crippen molar-refractivity contribution < 1.29 is 9.18 Å². The van der Waals surface area contributed by atoms with Gasteiger partial charge in [0.15, 0.2) is 0 Å². The van der Waals surface area contributed by atoms with Crippen LogP contribution in [0.2, 0.25) is 0 Å². The highest BCUT2D eigenvalue weighted by atomic mass is 19.1. The van der Waals surface area contributed by atoms with E-state index in [0.29, 0.717) is 44.1 Å². The van der Waals surface area contributed by atoms with Gasteiger partial charge in [-0.3, -0.25) is 9.48 Å². The molecule has 1 fully saturated rings. The van der Waals surface area contributed by atoms with Crippen molar-refractivity contribution in [3.63, 3.8) is 0 Å². The van der Waals surface area contributed by atoms with Crippen molar-refractivity contribution in [1.82, 2.24) is 14.7 Å². The van der Waals surface area contributed by atoms with Gasteiger partial charge in [-0.1, -0.05) is 12.1 Å². The molecule has 2 aromatic rings. The number of anilines is 1. The van der Waals surface area contributed by atoms with Gasteiger partial charge >= 0.3 is 0 Å². The molecule has 2 heterocycles. The fraction of sp³-hybridized carbons (Fsp3) is 0.412. The molecule has 0 radical (unpaired) electrons. The number of nitrogens with zero attached hydrogens (tertiary/aromatic N) is 4. The van der Waals surface area contributed by atoms with Crippen LogP contribution >= 0.6 is 0 Å². The average Bonchev–Trinajstić information content (AvgIpc) is 2.96. The Hall–Kier alpha value is -2.37. The molecule has 0 unspecified atom stereocenters. The number of piperazine rings is 1. The van der Waals surface area contributed by atoms with E-state index in [4.69, 9.17) is 0 Å². The number of aryl methyl sites for hydroxylation is 2. The minimum absolute atomic E-state index is 0.000587. The number of amides is 1. The molecule has 6 heteroatoms. The molecule has 1 aromatic carbocycles. The van der Waals surface area contributed by atoms with E-state index in [0.717, 1.165) is 5.69 Å². The van der Waals surface area contributed by atoms with Gasteiger partial charge in [-0.15, -0.1) is 0 Å². The number of rotatable bonds is 3. The number of carbonyl (C=O) groups excluding carboxylic acids is 1. The van der Waals surface area contributed by atoms with Gasteiger partial charge in [0, 0.05) is 32.7 Å². The highest BCUT2D eigenvalue weighted by molar-refractivity contribution is 5.93. The maximum Gasteiger partial charge on any atom is 0.272 e. The largest absolute Gasteiger partial charge is 0.366 e. The van der Waals surface area contributed by atoms with E-state index in [1.54, 1.807) is 16.8 Å². The van der Waals surface area contributed by atoms with Crippen molar-refractivity contribution in [2.75, 3.05) is 31.1 Å². The van der Waals surface area contributed by atoms with Crippen LogP contribution in [0.3, 0.4) is 0 Å². The predicted molar refractivity (Wildman–Crippen MR) is 87.2 cm³/mol. The van der Waals surface area contributed by atoms with Crippen molar-refractivity contribution >= 4 is 11.6 Å². The zero-order chi connectivity index (χ0) is 16.4. The van der Waals surface area contributed by atoms with Gasteiger partial charge in [0.05, 0.1) is 11.4 Å². The molecule has 0 atom stereocenters. The first kappa shape index (κ1) is 15.5. The van der Waals surface area contributed by atoms with Gasteiger partial charge in [0.1, 0.15) is 11.5 Å². The topological polar surface area (TPSA) is 41.4 Å². The van der Waals surface area contributed by atoms with E-state index in [1.165, 1.54) is 6.07 Å². The third kappa shape index (κ3) is 3.06. The monoisotopic (exact) mass is 316 g/mol. The lowest BCUT2D eigenvalue weighted by atomic mass is 10.2. The van der Waals surface area contributed by atoms with Gasteiger partial charge in [-0.2, -0.15) is 5.10 Å². The molecule has 122 valence electrons. The van der Waals surface area contributed by atoms with Crippen LogP contribution in [0.15, 0.2) is 30.3 Å². The quantitative estimate of drug-likeness (QED) is 0.872. The van der Waals surface area contributed by atoms with E-state index in [2.05, 4.69) is 5.10 Å². The first-order valence-electron chi connectivity index (χ1n) is 7.93. The number of halogens is 1. The van der Waals surface area contributed by atoms with Crippen LogP contribution in [0.1, 0.15) is 23.1 Å². The van der Waals surface area contributed by atoms with Crippen molar-refractivity contribution in [1.29, 1.82) is 0 Å². The van der Waals surface area contributed by atoms with E-state index in [9.17, 15) is 9.18 Å². The summed E-state index contributed by atoms with van der Waals surface area (Å²) in [4.78, 5) is 16.5. The Balaban J connectivity index is 1.69. The Morgan fingerprint density at radius 3 is 2.57 bits per heavy atom. The summed E-state index contributed by atoms with van der Waals surface area (Å²) in [7, 11) is 0. The van der Waals surface area contributed by atoms with Crippen LogP contribution in [0.25, 0.3) is 0 Å². The van der Waals surface area contributed by atoms with Crippen LogP contribution in [0.4, 0.5) is 10.1 Å². The average molecular weight is 316 g/mol. The molecule has 0 bridgehead atoms. The second-order valence-electron chi connectivity index (χ2n) is 5.72. The summed E-state index contributed by atoms with van der Waals surface area (Å²) < 4.78 is 15.6. The van der Waals surface area contributed by atoms with Gasteiger partial charge in [-0.25, -0.2) is 4.39 Å². The van der Waals surface area contributed by atoms with Crippen molar-refractivity contribution in [2.24, 2.45) is 0 Å². The highest BCUT2D eigenvalue weighted by Gasteiger charge is 2.25. The molecule has 1 saturated heterocycles. The van der Waals surface area contributed by atoms with Crippen LogP contribution < -0.4 is 4.90 Å². The molecular weight excluding hydrogens is 295 g/mol. The first-order chi connectivity index (χ1) is 11.1. The molecule has 5 nitrogen and oxygen atoms in total. The fourth-order valence-electron chi connectivity index (χ4n) is 2.98. The molecule has 1 aliphatic heterocycles. The first-order valence-corrected chi connectivity index (χ1v) is 7.93. The summed E-state index contributed by atoms with van der Waals surface area (Å²) in [6.45, 7) is 6.96. The summed E-state index contributed by atoms with van der Waals surface area (Å²) >= 11 is 0. The Bertz CT molecular complexity index is 704. The van der Waals surface area contributed by atoms with Crippen molar-refractivity contribution in [2.45, 2.75) is 20.4 Å². The van der Waals surface area contributed by atoms with Gasteiger partial charge in [0.2, 0.25) is 0 Å². The van der Waals surface area contributed by atoms with Crippen molar-refractivity contribution in [3.8, 4) is 0 Å². The molecule has 0 saturated carbocycles. The SMILES string of the molecule is CCn1nc(C)cc1C(=O)N1CCN(c2ccccc2F)CC1. The Labute approximate surface area is 135 Å². The Morgan fingerprint density at radius 2 is 1.91 bits per heavy atom. The van der Waals surface area contributed by atoms with Gasteiger partial charge < -0.3 is 9.80 Å². The van der Waals surface area contributed by atoms with E-state index in [1.807, 2.05) is 35.8 Å². The maximum absolute atomic E-state index is 13.9. The third-order valence-corrected chi connectivity index (χ3v) is 4.18. The molecule has 23 heavy (non-hydrogen) atoms. The second-order valence-corrected chi connectivity index (χ2v) is 5.72. The number of carbonyl (C=O) groups is 1. The van der Waals surface area contributed by atoms with Crippen LogP contribution in [0.5, 0.6) is 0 Å². The van der Waals surface area contributed by atoms with E-state index < -0.39 is 0 Å². The lowest BCUT2D eigenvalue weighted by Crippen LogP contribution is -2.49. The normalized spacial score (nSPS) is 15.1. The molecule has 1 aromatic heterocycles. The third-order valence-electron chi connectivity index (χ3n) is 4.18. The Kier molecular flexibility index (Phi) is 4.32. The molecule has 0 spiro atoms. The molecule has 3 rings (SSSR count). The zero-order valence-electron chi connectivity index (χ0n) is 13.5. The standard InChI is InChI=1S/C17H21FN4O/c1-3-22-16(12-13(2)19-22)17(23)21-10-8-20(9-11-21)15-7-5-4-6-14(15)18/h4-7,12H,3,8-11H2,1-2H3. The maximum atomic E-state index is 13.9. The van der Waals surface area contributed by atoms with E-state index >= 15 is 0 Å². The highest BCUT2D eigenvalue weighted by Crippen LogP contribution is 2.20. The number of aromatic nitrogens is 2. The number of hydrogen-bond donors (Lipinski definition) is 0. The summed E-state index contributed by atoms with van der Waals surface area (Å²) in [5.74, 6) is -0.215. The fourth-order valence-corrected chi connectivity index (χ4v) is 2.98. The lowest BCUT2D eigenvalue weighted by molar-refractivity contribution is 0.0734. The summed E-state index contributed by atoms with van der Waals surface area (Å²) in [5.41, 5.74) is 2.08. The summed E-state index contributed by atoms with van der Waals surface area (Å²) in [6, 6.07) is 8.60. The molecular formula is C17H21FN4O. The number of hydrogen-bond acceptors (Lipinski definition) is 3. The second kappa shape index (κ2) is 6.40. The Morgan fingerprint density at radius 1 is 1.22 bits per heavy atom. The number of para-hydroxylation sites is 1. The summed E-state index contributed by atoms with van der Waals surface area (Å²) in [5, 5.41) is 4.33. The van der Waals surface area contributed by atoms with Crippen LogP contribution in [0, 0.1) is 12.7 Å². The zero-order valence-corrected chi connectivity index (χ0v) is 13.5. The summed E-state index contributed by atoms with van der Waals surface area (Å²) in [6.07, 6.45) is 0. The van der Waals surface area contributed by atoms with Crippen LogP contribution in [-0.4, -0.2) is 46.8 Å². The molecule has 0 N–H and O–H groups in total. The molecule has 1 amide bonds. The smallest absolute Gasteiger partial charge is 0.272 e. The van der Waals surface area contributed by atoms with Crippen LogP contribution in [-0.2, 0) is 6.54 Å². The van der Waals surface area contributed by atoms with E-state index in [-0.39, 0.29) is 11.7 Å². The number of benzene rings is 1. The molecule has 0 aliphatic carbocycles. The van der Waals surface area contributed by atoms with Gasteiger partial charge in [0.25, 0.3) is 5.91 Å². The molecule has 1 aliphatic rings. The minimum Gasteiger partial charge on any atom is -0.366 e. The predicted octanol–water partition coefficient (Wildman–Crippen LogP) is 2.31. The van der Waals surface area contributed by atoms with Crippen molar-refractivity contribution in [3.05, 3.63) is 47.5 Å². The van der Waals surface area contributed by atoms with Gasteiger partial charge in [-0.05, 0) is 32.0 Å². The lowest BCUT2D eigenvalue weighted by Gasteiger charge is -2.36. The minimum atomic E-state index is -0.216.